The Morgan fingerprint density at radius 1 is 1.00 bits per heavy atom. The molecule has 0 aromatic rings. The van der Waals surface area contributed by atoms with Crippen molar-refractivity contribution in [1.82, 2.24) is 16.0 Å². The van der Waals surface area contributed by atoms with Gasteiger partial charge in [0.15, 0.2) is 0 Å². The molecular formula is C17H29N3O. The molecule has 1 heterocycles. The monoisotopic (exact) mass is 291 g/mol. The predicted octanol–water partition coefficient (Wildman–Crippen LogP) is 2.25. The number of hydrogen-bond acceptors (Lipinski definition) is 2. The minimum atomic E-state index is 0.0930. The lowest BCUT2D eigenvalue weighted by molar-refractivity contribution is -0.0135. The summed E-state index contributed by atoms with van der Waals surface area (Å²) in [7, 11) is 0. The molecular weight excluding hydrogens is 262 g/mol. The summed E-state index contributed by atoms with van der Waals surface area (Å²) in [4.78, 5) is 12.3. The van der Waals surface area contributed by atoms with Crippen LogP contribution in [0.5, 0.6) is 0 Å². The molecule has 4 nitrogen and oxygen atoms in total. The Morgan fingerprint density at radius 3 is 2.14 bits per heavy atom. The molecule has 4 saturated carbocycles. The van der Waals surface area contributed by atoms with Crippen molar-refractivity contribution in [1.29, 1.82) is 0 Å². The van der Waals surface area contributed by atoms with E-state index in [1.165, 1.54) is 51.4 Å². The standard InChI is InChI=1S/C17H29N3O/c21-16(19-11-12-1-3-18-4-2-12)20-17-8-13-5-14(9-17)7-15(6-13)10-17/h12-15,18H,1-11H2,(H2,19,20,21). The number of hydrogen-bond donors (Lipinski definition) is 3. The highest BCUT2D eigenvalue weighted by Crippen LogP contribution is 2.55. The van der Waals surface area contributed by atoms with Crippen LogP contribution in [-0.4, -0.2) is 31.2 Å². The van der Waals surface area contributed by atoms with Gasteiger partial charge in [0, 0.05) is 12.1 Å². The van der Waals surface area contributed by atoms with E-state index >= 15 is 0 Å². The summed E-state index contributed by atoms with van der Waals surface area (Å²) in [6, 6.07) is 0.0930. The van der Waals surface area contributed by atoms with Crippen molar-refractivity contribution in [2.24, 2.45) is 23.7 Å². The molecule has 4 heteroatoms. The van der Waals surface area contributed by atoms with Crippen molar-refractivity contribution >= 4 is 6.03 Å². The second-order valence-electron chi connectivity index (χ2n) is 8.23. The van der Waals surface area contributed by atoms with Crippen LogP contribution in [-0.2, 0) is 0 Å². The summed E-state index contributed by atoms with van der Waals surface area (Å²) in [5.74, 6) is 3.33. The van der Waals surface area contributed by atoms with E-state index in [4.69, 9.17) is 0 Å². The Bertz CT molecular complexity index is 368. The molecule has 0 aromatic heterocycles. The van der Waals surface area contributed by atoms with Gasteiger partial charge in [0.05, 0.1) is 0 Å². The fourth-order valence-electron chi connectivity index (χ4n) is 5.87. The van der Waals surface area contributed by atoms with Crippen LogP contribution in [0.25, 0.3) is 0 Å². The molecule has 4 bridgehead atoms. The first-order chi connectivity index (χ1) is 10.2. The molecule has 0 spiro atoms. The van der Waals surface area contributed by atoms with Gasteiger partial charge >= 0.3 is 6.03 Å². The summed E-state index contributed by atoms with van der Waals surface area (Å²) < 4.78 is 0. The van der Waals surface area contributed by atoms with E-state index in [-0.39, 0.29) is 11.6 Å². The van der Waals surface area contributed by atoms with E-state index in [1.807, 2.05) is 0 Å². The average molecular weight is 291 g/mol. The Labute approximate surface area is 127 Å². The van der Waals surface area contributed by atoms with Crippen LogP contribution >= 0.6 is 0 Å². The number of urea groups is 1. The van der Waals surface area contributed by atoms with Crippen LogP contribution in [0.2, 0.25) is 0 Å². The summed E-state index contributed by atoms with van der Waals surface area (Å²) >= 11 is 0. The highest BCUT2D eigenvalue weighted by atomic mass is 16.2. The van der Waals surface area contributed by atoms with E-state index in [0.717, 1.165) is 37.4 Å². The third kappa shape index (κ3) is 2.92. The Balaban J connectivity index is 1.30. The predicted molar refractivity (Wildman–Crippen MR) is 83.0 cm³/mol. The first kappa shape index (κ1) is 13.9. The normalized spacial score (nSPS) is 42.0. The van der Waals surface area contributed by atoms with Crippen molar-refractivity contribution in [2.45, 2.75) is 56.9 Å². The van der Waals surface area contributed by atoms with Crippen LogP contribution in [0.15, 0.2) is 0 Å². The summed E-state index contributed by atoms with van der Waals surface area (Å²) in [6.45, 7) is 3.05. The van der Waals surface area contributed by atoms with E-state index in [9.17, 15) is 4.79 Å². The lowest BCUT2D eigenvalue weighted by atomic mass is 9.53. The van der Waals surface area contributed by atoms with Gasteiger partial charge in [0.1, 0.15) is 0 Å². The Hall–Kier alpha value is -0.770. The maximum absolute atomic E-state index is 12.3. The summed E-state index contributed by atoms with van der Waals surface area (Å²) in [6.07, 6.45) is 10.4. The maximum Gasteiger partial charge on any atom is 0.315 e. The molecule has 0 radical (unpaired) electrons. The number of amides is 2. The van der Waals surface area contributed by atoms with E-state index in [0.29, 0.717) is 5.92 Å². The fourth-order valence-corrected chi connectivity index (χ4v) is 5.87. The second-order valence-corrected chi connectivity index (χ2v) is 8.23. The molecule has 3 N–H and O–H groups in total. The highest BCUT2D eigenvalue weighted by molar-refractivity contribution is 5.74. The first-order valence-electron chi connectivity index (χ1n) is 8.97. The minimum absolute atomic E-state index is 0.0930. The first-order valence-corrected chi connectivity index (χ1v) is 8.97. The molecule has 21 heavy (non-hydrogen) atoms. The van der Waals surface area contributed by atoms with E-state index in [2.05, 4.69) is 16.0 Å². The van der Waals surface area contributed by atoms with Gasteiger partial charge in [-0.25, -0.2) is 4.79 Å². The molecule has 4 aliphatic carbocycles. The molecule has 0 aromatic carbocycles. The van der Waals surface area contributed by atoms with Crippen LogP contribution in [0.4, 0.5) is 4.79 Å². The second kappa shape index (κ2) is 5.45. The maximum atomic E-state index is 12.3. The van der Waals surface area contributed by atoms with Crippen LogP contribution in [0.1, 0.15) is 51.4 Å². The number of carbonyl (C=O) groups is 1. The molecule has 0 unspecified atom stereocenters. The van der Waals surface area contributed by atoms with Crippen LogP contribution in [0.3, 0.4) is 0 Å². The van der Waals surface area contributed by atoms with E-state index in [1.54, 1.807) is 0 Å². The lowest BCUT2D eigenvalue weighted by Gasteiger charge is -2.56. The zero-order valence-electron chi connectivity index (χ0n) is 13.0. The van der Waals surface area contributed by atoms with Crippen molar-refractivity contribution in [3.8, 4) is 0 Å². The van der Waals surface area contributed by atoms with Gasteiger partial charge in [-0.3, -0.25) is 0 Å². The zero-order valence-corrected chi connectivity index (χ0v) is 13.0. The third-order valence-electron chi connectivity index (χ3n) is 6.43. The van der Waals surface area contributed by atoms with Gasteiger partial charge in [0.25, 0.3) is 0 Å². The summed E-state index contributed by atoms with van der Waals surface area (Å²) in [5, 5.41) is 9.93. The van der Waals surface area contributed by atoms with Crippen molar-refractivity contribution in [2.75, 3.05) is 19.6 Å². The Kier molecular flexibility index (Phi) is 3.60. The van der Waals surface area contributed by atoms with Crippen LogP contribution < -0.4 is 16.0 Å². The Morgan fingerprint density at radius 2 is 1.57 bits per heavy atom. The third-order valence-corrected chi connectivity index (χ3v) is 6.43. The smallest absolute Gasteiger partial charge is 0.315 e. The largest absolute Gasteiger partial charge is 0.338 e. The topological polar surface area (TPSA) is 53.2 Å². The quantitative estimate of drug-likeness (QED) is 0.747. The van der Waals surface area contributed by atoms with Gasteiger partial charge in [-0.2, -0.15) is 0 Å². The zero-order chi connectivity index (χ0) is 14.3. The molecule has 1 aliphatic heterocycles. The number of carbonyl (C=O) groups excluding carboxylic acids is 1. The molecule has 1 saturated heterocycles. The van der Waals surface area contributed by atoms with E-state index < -0.39 is 0 Å². The van der Waals surface area contributed by atoms with Crippen molar-refractivity contribution in [3.63, 3.8) is 0 Å². The number of piperidine rings is 1. The van der Waals surface area contributed by atoms with Crippen LogP contribution in [0, 0.1) is 23.7 Å². The van der Waals surface area contributed by atoms with Crippen molar-refractivity contribution < 1.29 is 4.79 Å². The van der Waals surface area contributed by atoms with Gasteiger partial charge < -0.3 is 16.0 Å². The molecule has 5 rings (SSSR count). The molecule has 0 atom stereocenters. The molecule has 5 aliphatic rings. The average Bonchev–Trinajstić information content (AvgIpc) is 2.44. The highest BCUT2D eigenvalue weighted by Gasteiger charge is 2.51. The fraction of sp³-hybridized carbons (Fsp3) is 0.941. The summed E-state index contributed by atoms with van der Waals surface area (Å²) in [5.41, 5.74) is 0.146. The minimum Gasteiger partial charge on any atom is -0.338 e. The van der Waals surface area contributed by atoms with Gasteiger partial charge in [-0.05, 0) is 88.1 Å². The van der Waals surface area contributed by atoms with Gasteiger partial charge in [0.2, 0.25) is 0 Å². The number of nitrogens with one attached hydrogen (secondary N) is 3. The number of rotatable bonds is 3. The molecule has 118 valence electrons. The molecule has 2 amide bonds. The SMILES string of the molecule is O=C(NCC1CCNCC1)NC12CC3CC(CC(C3)C1)C2. The molecule has 5 fully saturated rings. The lowest BCUT2D eigenvalue weighted by Crippen LogP contribution is -2.61. The van der Waals surface area contributed by atoms with Gasteiger partial charge in [-0.1, -0.05) is 0 Å². The van der Waals surface area contributed by atoms with Gasteiger partial charge in [-0.15, -0.1) is 0 Å². The van der Waals surface area contributed by atoms with Crippen molar-refractivity contribution in [3.05, 3.63) is 0 Å².